The van der Waals surface area contributed by atoms with Crippen molar-refractivity contribution in [1.29, 1.82) is 0 Å². The molecule has 0 radical (unpaired) electrons. The summed E-state index contributed by atoms with van der Waals surface area (Å²) in [5, 5.41) is 15.4. The topological polar surface area (TPSA) is 163 Å². The van der Waals surface area contributed by atoms with Crippen LogP contribution in [0.3, 0.4) is 0 Å². The van der Waals surface area contributed by atoms with E-state index >= 15 is 0 Å². The van der Waals surface area contributed by atoms with Crippen LogP contribution in [0.25, 0.3) is 22.2 Å². The number of nitrogens with zero attached hydrogens (tertiary/aromatic N) is 3. The van der Waals surface area contributed by atoms with Crippen LogP contribution in [0.1, 0.15) is 23.2 Å². The van der Waals surface area contributed by atoms with Crippen molar-refractivity contribution in [3.05, 3.63) is 83.6 Å². The normalized spacial score (nSPS) is 11.3. The summed E-state index contributed by atoms with van der Waals surface area (Å²) in [7, 11) is 0.315. The van der Waals surface area contributed by atoms with Gasteiger partial charge in [0.15, 0.2) is 11.5 Å². The lowest BCUT2D eigenvalue weighted by atomic mass is 10.0. The molecule has 13 nitrogen and oxygen atoms in total. The van der Waals surface area contributed by atoms with E-state index in [-0.39, 0.29) is 23.0 Å². The molecule has 0 saturated carbocycles. The molecule has 2 heterocycles. The van der Waals surface area contributed by atoms with Gasteiger partial charge < -0.3 is 28.9 Å². The molecule has 0 aliphatic carbocycles. The first kappa shape index (κ1) is 31.1. The van der Waals surface area contributed by atoms with Gasteiger partial charge in [-0.25, -0.2) is 18.2 Å². The Morgan fingerprint density at radius 2 is 1.56 bits per heavy atom. The SMILES string of the molecule is COc1cc(-c2cc(C(=O)OCCCCOc3no[n+]([O-])c3S(=O)(=O)c3ccccc3)c3ccccc3n2)cc(OC)c1OC. The molecule has 0 aliphatic rings. The van der Waals surface area contributed by atoms with Gasteiger partial charge in [0.1, 0.15) is 0 Å². The van der Waals surface area contributed by atoms with Crippen LogP contribution in [-0.4, -0.2) is 59.1 Å². The summed E-state index contributed by atoms with van der Waals surface area (Å²) in [5.41, 5.74) is 2.05. The van der Waals surface area contributed by atoms with E-state index < -0.39 is 26.7 Å². The summed E-state index contributed by atoms with van der Waals surface area (Å²) < 4.78 is 57.7. The lowest BCUT2D eigenvalue weighted by Gasteiger charge is -2.15. The zero-order valence-corrected chi connectivity index (χ0v) is 25.4. The van der Waals surface area contributed by atoms with Crippen LogP contribution < -0.4 is 23.9 Å². The highest BCUT2D eigenvalue weighted by atomic mass is 32.2. The van der Waals surface area contributed by atoms with Gasteiger partial charge in [-0.05, 0) is 54.1 Å². The number of hydrogen-bond donors (Lipinski definition) is 0. The maximum Gasteiger partial charge on any atom is 0.414 e. The van der Waals surface area contributed by atoms with E-state index in [0.717, 1.165) is 0 Å². The molecule has 5 aromatic rings. The maximum atomic E-state index is 13.3. The summed E-state index contributed by atoms with van der Waals surface area (Å²) in [5.74, 6) is 0.303. The van der Waals surface area contributed by atoms with E-state index in [1.807, 2.05) is 6.07 Å². The van der Waals surface area contributed by atoms with Crippen LogP contribution in [0.4, 0.5) is 0 Å². The number of pyridine rings is 1. The largest absolute Gasteiger partial charge is 0.493 e. The molecular weight excluding hydrogens is 606 g/mol. The molecule has 45 heavy (non-hydrogen) atoms. The van der Waals surface area contributed by atoms with Gasteiger partial charge >= 0.3 is 16.9 Å². The van der Waals surface area contributed by atoms with E-state index in [9.17, 15) is 18.4 Å². The number of aromatic nitrogens is 3. The first-order valence-corrected chi connectivity index (χ1v) is 15.2. The van der Waals surface area contributed by atoms with Gasteiger partial charge in [-0.2, -0.15) is 0 Å². The fraction of sp³-hybridized carbons (Fsp3) is 0.226. The van der Waals surface area contributed by atoms with Crippen molar-refractivity contribution in [2.75, 3.05) is 34.5 Å². The molecule has 0 bridgehead atoms. The Kier molecular flexibility index (Phi) is 9.33. The van der Waals surface area contributed by atoms with Gasteiger partial charge in [0.05, 0.1) is 61.4 Å². The van der Waals surface area contributed by atoms with Crippen LogP contribution in [0.5, 0.6) is 23.1 Å². The Balaban J connectivity index is 1.26. The van der Waals surface area contributed by atoms with Crippen molar-refractivity contribution in [3.63, 3.8) is 0 Å². The van der Waals surface area contributed by atoms with Gasteiger partial charge in [-0.3, -0.25) is 4.63 Å². The Bertz CT molecular complexity index is 1900. The number of carbonyl (C=O) groups is 1. The van der Waals surface area contributed by atoms with E-state index in [1.165, 1.54) is 45.6 Å². The van der Waals surface area contributed by atoms with Crippen LogP contribution in [-0.2, 0) is 14.6 Å². The van der Waals surface area contributed by atoms with Gasteiger partial charge in [-0.15, -0.1) is 0 Å². The average molecular weight is 636 g/mol. The van der Waals surface area contributed by atoms with Crippen molar-refractivity contribution in [2.24, 2.45) is 0 Å². The predicted octanol–water partition coefficient (Wildman–Crippen LogP) is 4.40. The van der Waals surface area contributed by atoms with Crippen molar-refractivity contribution >= 4 is 26.7 Å². The molecule has 5 rings (SSSR count). The Morgan fingerprint density at radius 1 is 0.889 bits per heavy atom. The Morgan fingerprint density at radius 3 is 2.24 bits per heavy atom. The second-order valence-corrected chi connectivity index (χ2v) is 11.4. The number of ether oxygens (including phenoxy) is 5. The molecule has 0 N–H and O–H groups in total. The minimum atomic E-state index is -4.22. The van der Waals surface area contributed by atoms with E-state index in [0.29, 0.717) is 57.8 Å². The number of carbonyl (C=O) groups excluding carboxylic acids is 1. The number of methoxy groups -OCH3 is 3. The number of rotatable bonds is 13. The summed E-state index contributed by atoms with van der Waals surface area (Å²) in [4.78, 5) is 17.7. The smallest absolute Gasteiger partial charge is 0.414 e. The van der Waals surface area contributed by atoms with Crippen LogP contribution in [0.2, 0.25) is 0 Å². The quantitative estimate of drug-likeness (QED) is 0.102. The molecule has 0 saturated heterocycles. The third-order valence-corrected chi connectivity index (χ3v) is 8.49. The van der Waals surface area contributed by atoms with E-state index in [1.54, 1.807) is 42.5 Å². The third-order valence-electron chi connectivity index (χ3n) is 6.76. The number of para-hydroxylation sites is 1. The highest BCUT2D eigenvalue weighted by molar-refractivity contribution is 7.91. The zero-order chi connectivity index (χ0) is 32.0. The summed E-state index contributed by atoms with van der Waals surface area (Å²) in [6.45, 7) is 0.0404. The highest BCUT2D eigenvalue weighted by Crippen LogP contribution is 2.41. The second kappa shape index (κ2) is 13.5. The highest BCUT2D eigenvalue weighted by Gasteiger charge is 2.35. The number of esters is 1. The fourth-order valence-electron chi connectivity index (χ4n) is 4.58. The molecule has 0 spiro atoms. The summed E-state index contributed by atoms with van der Waals surface area (Å²) in [6.07, 6.45) is 0.738. The minimum Gasteiger partial charge on any atom is -0.493 e. The second-order valence-electron chi connectivity index (χ2n) is 9.53. The molecule has 0 aliphatic heterocycles. The molecule has 14 heteroatoms. The standard InChI is InChI=1S/C31H29N3O10S/c1-39-26-17-20(18-27(40-2)28(26)41-3)25-19-23(22-13-7-8-14-24(22)32-25)31(35)43-16-10-9-15-42-29-30(34(36)44-33-29)45(37,38)21-11-5-4-6-12-21/h4-8,11-14,17-19H,9-10,15-16H2,1-3H3. The van der Waals surface area contributed by atoms with E-state index in [4.69, 9.17) is 28.7 Å². The van der Waals surface area contributed by atoms with Crippen LogP contribution >= 0.6 is 0 Å². The fourth-order valence-corrected chi connectivity index (χ4v) is 5.87. The van der Waals surface area contributed by atoms with Gasteiger partial charge in [0.2, 0.25) is 5.75 Å². The maximum absolute atomic E-state index is 13.3. The number of hydrogen-bond acceptors (Lipinski definition) is 12. The zero-order valence-electron chi connectivity index (χ0n) is 24.6. The molecule has 0 atom stereocenters. The first-order chi connectivity index (χ1) is 21.8. The molecule has 0 amide bonds. The predicted molar refractivity (Wildman–Crippen MR) is 159 cm³/mol. The number of fused-ring (bicyclic) bond motifs is 1. The number of unbranched alkanes of at least 4 members (excludes halogenated alkanes) is 1. The van der Waals surface area contributed by atoms with E-state index in [2.05, 4.69) is 9.79 Å². The third kappa shape index (κ3) is 6.45. The molecular formula is C31H29N3O10S. The summed E-state index contributed by atoms with van der Waals surface area (Å²) in [6, 6.07) is 19.7. The van der Waals surface area contributed by atoms with Crippen LogP contribution in [0, 0.1) is 5.21 Å². The lowest BCUT2D eigenvalue weighted by Crippen LogP contribution is -2.31. The Labute approximate surface area is 258 Å². The monoisotopic (exact) mass is 635 g/mol. The first-order valence-electron chi connectivity index (χ1n) is 13.7. The number of benzene rings is 3. The molecule has 3 aromatic carbocycles. The Hall–Kier alpha value is -5.37. The molecule has 2 aromatic heterocycles. The van der Waals surface area contributed by atoms with Gasteiger partial charge in [-0.1, -0.05) is 36.4 Å². The van der Waals surface area contributed by atoms with Crippen molar-refractivity contribution < 1.29 is 46.4 Å². The minimum absolute atomic E-state index is 0.00906. The molecule has 0 unspecified atom stereocenters. The lowest BCUT2D eigenvalue weighted by molar-refractivity contribution is -0.832. The van der Waals surface area contributed by atoms with Gasteiger partial charge in [0, 0.05) is 10.9 Å². The molecule has 0 fully saturated rings. The number of sulfone groups is 1. The van der Waals surface area contributed by atoms with Crippen molar-refractivity contribution in [1.82, 2.24) is 10.1 Å². The van der Waals surface area contributed by atoms with Crippen molar-refractivity contribution in [2.45, 2.75) is 22.8 Å². The average Bonchev–Trinajstić information content (AvgIpc) is 3.45. The molecule has 234 valence electrons. The van der Waals surface area contributed by atoms with Crippen LogP contribution in [0.15, 0.2) is 87.3 Å². The van der Waals surface area contributed by atoms with Crippen molar-refractivity contribution in [3.8, 4) is 34.4 Å². The summed E-state index contributed by atoms with van der Waals surface area (Å²) >= 11 is 0. The van der Waals surface area contributed by atoms with Gasteiger partial charge in [0.25, 0.3) is 9.84 Å².